The minimum atomic E-state index is 0.298. The van der Waals surface area contributed by atoms with E-state index in [1.807, 2.05) is 0 Å². The van der Waals surface area contributed by atoms with Crippen LogP contribution >= 0.6 is 0 Å². The molecule has 106 valence electrons. The van der Waals surface area contributed by atoms with Gasteiger partial charge in [0.1, 0.15) is 0 Å². The third-order valence-corrected chi connectivity index (χ3v) is 4.08. The summed E-state index contributed by atoms with van der Waals surface area (Å²) in [5.74, 6) is 0. The molecule has 0 amide bonds. The second kappa shape index (κ2) is 6.53. The molecular weight excluding hydrogens is 234 g/mol. The van der Waals surface area contributed by atoms with Crippen LogP contribution in [0, 0.1) is 5.41 Å². The van der Waals surface area contributed by atoms with Crippen LogP contribution in [0.1, 0.15) is 43.4 Å². The molecule has 0 heterocycles. The highest BCUT2D eigenvalue weighted by atomic mass is 16.5. The van der Waals surface area contributed by atoms with Crippen LogP contribution in [0.2, 0.25) is 0 Å². The Morgan fingerprint density at radius 1 is 1.21 bits per heavy atom. The van der Waals surface area contributed by atoms with Gasteiger partial charge in [0.25, 0.3) is 0 Å². The molecule has 1 aliphatic rings. The van der Waals surface area contributed by atoms with Crippen molar-refractivity contribution in [3.63, 3.8) is 0 Å². The maximum absolute atomic E-state index is 5.16. The van der Waals surface area contributed by atoms with Crippen LogP contribution in [0.5, 0.6) is 0 Å². The van der Waals surface area contributed by atoms with Gasteiger partial charge in [0.2, 0.25) is 0 Å². The van der Waals surface area contributed by atoms with Crippen molar-refractivity contribution in [2.75, 3.05) is 20.3 Å². The predicted molar refractivity (Wildman–Crippen MR) is 80.4 cm³/mol. The van der Waals surface area contributed by atoms with Gasteiger partial charge in [0.05, 0.1) is 0 Å². The summed E-state index contributed by atoms with van der Waals surface area (Å²) >= 11 is 0. The summed E-state index contributed by atoms with van der Waals surface area (Å²) < 4.78 is 5.16. The molecule has 0 aromatic heterocycles. The van der Waals surface area contributed by atoms with Gasteiger partial charge in [-0.2, -0.15) is 0 Å². The standard InChI is InChI=1S/C17H27NO/c1-17(2,9-10-19-3)13-18-12-14-7-8-15-5-4-6-16(15)11-14/h7-8,11,18H,4-6,9-10,12-13H2,1-3H3. The van der Waals surface area contributed by atoms with E-state index in [1.54, 1.807) is 18.2 Å². The number of hydrogen-bond donors (Lipinski definition) is 1. The minimum absolute atomic E-state index is 0.298. The lowest BCUT2D eigenvalue weighted by Crippen LogP contribution is -2.30. The zero-order valence-corrected chi connectivity index (χ0v) is 12.6. The Kier molecular flexibility index (Phi) is 5.00. The van der Waals surface area contributed by atoms with E-state index < -0.39 is 0 Å². The second-order valence-corrected chi connectivity index (χ2v) is 6.47. The van der Waals surface area contributed by atoms with Crippen molar-refractivity contribution < 1.29 is 4.74 Å². The van der Waals surface area contributed by atoms with E-state index in [4.69, 9.17) is 4.74 Å². The fourth-order valence-electron chi connectivity index (χ4n) is 2.75. The zero-order valence-electron chi connectivity index (χ0n) is 12.6. The molecule has 19 heavy (non-hydrogen) atoms. The van der Waals surface area contributed by atoms with Gasteiger partial charge in [-0.15, -0.1) is 0 Å². The van der Waals surface area contributed by atoms with E-state index in [1.165, 1.54) is 24.8 Å². The van der Waals surface area contributed by atoms with Crippen LogP contribution in [-0.4, -0.2) is 20.3 Å². The molecule has 1 aromatic carbocycles. The summed E-state index contributed by atoms with van der Waals surface area (Å²) in [5.41, 5.74) is 4.84. The van der Waals surface area contributed by atoms with Crippen molar-refractivity contribution >= 4 is 0 Å². The van der Waals surface area contributed by atoms with Crippen LogP contribution in [-0.2, 0) is 24.1 Å². The van der Waals surface area contributed by atoms with Crippen molar-refractivity contribution in [1.82, 2.24) is 5.32 Å². The maximum Gasteiger partial charge on any atom is 0.0467 e. The molecule has 1 aromatic rings. The highest BCUT2D eigenvalue weighted by molar-refractivity contribution is 5.35. The lowest BCUT2D eigenvalue weighted by Gasteiger charge is -2.24. The Morgan fingerprint density at radius 3 is 2.79 bits per heavy atom. The Hall–Kier alpha value is -0.860. The van der Waals surface area contributed by atoms with Crippen molar-refractivity contribution in [2.24, 2.45) is 5.41 Å². The third-order valence-electron chi connectivity index (χ3n) is 4.08. The normalized spacial score (nSPS) is 14.7. The largest absolute Gasteiger partial charge is 0.385 e. The molecule has 0 radical (unpaired) electrons. The molecular formula is C17H27NO. The van der Waals surface area contributed by atoms with Crippen molar-refractivity contribution in [1.29, 1.82) is 0 Å². The first kappa shape index (κ1) is 14.5. The van der Waals surface area contributed by atoms with Gasteiger partial charge < -0.3 is 10.1 Å². The van der Waals surface area contributed by atoms with E-state index >= 15 is 0 Å². The first-order valence-corrected chi connectivity index (χ1v) is 7.41. The number of aryl methyl sites for hydroxylation is 2. The molecule has 0 bridgehead atoms. The number of ether oxygens (including phenoxy) is 1. The summed E-state index contributed by atoms with van der Waals surface area (Å²) in [6.07, 6.45) is 4.96. The quantitative estimate of drug-likeness (QED) is 0.813. The number of hydrogen-bond acceptors (Lipinski definition) is 2. The average molecular weight is 261 g/mol. The van der Waals surface area contributed by atoms with E-state index in [0.29, 0.717) is 5.41 Å². The van der Waals surface area contributed by atoms with Gasteiger partial charge in [0, 0.05) is 26.8 Å². The second-order valence-electron chi connectivity index (χ2n) is 6.47. The lowest BCUT2D eigenvalue weighted by atomic mass is 9.89. The minimum Gasteiger partial charge on any atom is -0.385 e. The topological polar surface area (TPSA) is 21.3 Å². The summed E-state index contributed by atoms with van der Waals surface area (Å²) in [7, 11) is 1.77. The number of methoxy groups -OCH3 is 1. The van der Waals surface area contributed by atoms with Gasteiger partial charge >= 0.3 is 0 Å². The third kappa shape index (κ3) is 4.32. The summed E-state index contributed by atoms with van der Waals surface area (Å²) in [5, 5.41) is 3.59. The Morgan fingerprint density at radius 2 is 2.00 bits per heavy atom. The van der Waals surface area contributed by atoms with Crippen molar-refractivity contribution in [2.45, 2.75) is 46.1 Å². The predicted octanol–water partition coefficient (Wildman–Crippen LogP) is 3.33. The molecule has 2 heteroatoms. The molecule has 0 saturated heterocycles. The van der Waals surface area contributed by atoms with Gasteiger partial charge in [-0.1, -0.05) is 32.0 Å². The number of rotatable bonds is 7. The monoisotopic (exact) mass is 261 g/mol. The molecule has 1 N–H and O–H groups in total. The SMILES string of the molecule is COCCC(C)(C)CNCc1ccc2c(c1)CCC2. The summed E-state index contributed by atoms with van der Waals surface area (Å²) in [6.45, 7) is 7.44. The number of fused-ring (bicyclic) bond motifs is 1. The van der Waals surface area contributed by atoms with E-state index in [2.05, 4.69) is 37.4 Å². The van der Waals surface area contributed by atoms with E-state index in [9.17, 15) is 0 Å². The summed E-state index contributed by atoms with van der Waals surface area (Å²) in [4.78, 5) is 0. The van der Waals surface area contributed by atoms with E-state index in [-0.39, 0.29) is 0 Å². The van der Waals surface area contributed by atoms with Crippen LogP contribution in [0.15, 0.2) is 18.2 Å². The zero-order chi connectivity index (χ0) is 13.7. The first-order chi connectivity index (χ1) is 9.11. The molecule has 2 rings (SSSR count). The van der Waals surface area contributed by atoms with Gasteiger partial charge in [-0.3, -0.25) is 0 Å². The molecule has 0 fully saturated rings. The van der Waals surface area contributed by atoms with Crippen LogP contribution in [0.4, 0.5) is 0 Å². The van der Waals surface area contributed by atoms with Gasteiger partial charge in [-0.25, -0.2) is 0 Å². The van der Waals surface area contributed by atoms with Crippen LogP contribution in [0.25, 0.3) is 0 Å². The van der Waals surface area contributed by atoms with E-state index in [0.717, 1.165) is 26.1 Å². The van der Waals surface area contributed by atoms with Gasteiger partial charge in [0.15, 0.2) is 0 Å². The Labute approximate surface area is 117 Å². The first-order valence-electron chi connectivity index (χ1n) is 7.41. The maximum atomic E-state index is 5.16. The lowest BCUT2D eigenvalue weighted by molar-refractivity contribution is 0.150. The molecule has 0 spiro atoms. The highest BCUT2D eigenvalue weighted by Gasteiger charge is 2.17. The van der Waals surface area contributed by atoms with Crippen LogP contribution in [0.3, 0.4) is 0 Å². The molecule has 1 aliphatic carbocycles. The summed E-state index contributed by atoms with van der Waals surface area (Å²) in [6, 6.07) is 6.98. The fraction of sp³-hybridized carbons (Fsp3) is 0.647. The molecule has 0 atom stereocenters. The van der Waals surface area contributed by atoms with Crippen molar-refractivity contribution in [3.05, 3.63) is 34.9 Å². The number of benzene rings is 1. The Bertz CT molecular complexity index is 412. The molecule has 2 nitrogen and oxygen atoms in total. The number of nitrogens with one attached hydrogen (secondary N) is 1. The average Bonchev–Trinajstić information content (AvgIpc) is 2.83. The fourth-order valence-corrected chi connectivity index (χ4v) is 2.75. The molecule has 0 saturated carbocycles. The highest BCUT2D eigenvalue weighted by Crippen LogP contribution is 2.23. The molecule has 0 aliphatic heterocycles. The molecule has 0 unspecified atom stereocenters. The smallest absolute Gasteiger partial charge is 0.0467 e. The van der Waals surface area contributed by atoms with Crippen molar-refractivity contribution in [3.8, 4) is 0 Å². The van der Waals surface area contributed by atoms with Crippen LogP contribution < -0.4 is 5.32 Å². The van der Waals surface area contributed by atoms with Gasteiger partial charge in [-0.05, 0) is 47.8 Å². The Balaban J connectivity index is 1.79.